The van der Waals surface area contributed by atoms with Crippen LogP contribution < -0.4 is 0 Å². The van der Waals surface area contributed by atoms with Crippen LogP contribution in [0.3, 0.4) is 0 Å². The van der Waals surface area contributed by atoms with E-state index in [1.165, 1.54) is 0 Å². The minimum Gasteiger partial charge on any atom is -0.473 e. The van der Waals surface area contributed by atoms with Crippen molar-refractivity contribution in [1.82, 2.24) is 0 Å². The van der Waals surface area contributed by atoms with Gasteiger partial charge in [0.2, 0.25) is 6.54 Å². The first-order chi connectivity index (χ1) is 8.96. The van der Waals surface area contributed by atoms with E-state index < -0.39 is 0 Å². The van der Waals surface area contributed by atoms with E-state index in [9.17, 15) is 10.1 Å². The Kier molecular flexibility index (Phi) is 3.83. The second-order valence-electron chi connectivity index (χ2n) is 5.40. The molecule has 0 radical (unpaired) electrons. The van der Waals surface area contributed by atoms with Crippen LogP contribution in [0.25, 0.3) is 0 Å². The van der Waals surface area contributed by atoms with Crippen molar-refractivity contribution in [3.8, 4) is 0 Å². The van der Waals surface area contributed by atoms with Gasteiger partial charge in [-0.1, -0.05) is 30.3 Å². The van der Waals surface area contributed by atoms with Crippen molar-refractivity contribution in [1.29, 1.82) is 0 Å². The smallest absolute Gasteiger partial charge is 0.211 e. The van der Waals surface area contributed by atoms with Gasteiger partial charge in [0.05, 0.1) is 12.5 Å². The summed E-state index contributed by atoms with van der Waals surface area (Å²) in [4.78, 5) is 14.9. The molecule has 0 N–H and O–H groups in total. The molecular formula is C14H18N2O3. The Bertz CT molecular complexity index is 483. The Hall–Kier alpha value is -1.91. The van der Waals surface area contributed by atoms with Crippen LogP contribution >= 0.6 is 0 Å². The molecule has 0 spiro atoms. The Labute approximate surface area is 112 Å². The van der Waals surface area contributed by atoms with Gasteiger partial charge < -0.3 is 4.74 Å². The summed E-state index contributed by atoms with van der Waals surface area (Å²) in [5, 5.41) is 10.8. The van der Waals surface area contributed by atoms with Gasteiger partial charge in [0.25, 0.3) is 0 Å². The van der Waals surface area contributed by atoms with Crippen molar-refractivity contribution >= 4 is 5.90 Å². The molecule has 102 valence electrons. The highest BCUT2D eigenvalue weighted by Crippen LogP contribution is 2.26. The summed E-state index contributed by atoms with van der Waals surface area (Å²) in [6.45, 7) is 4.44. The fourth-order valence-electron chi connectivity index (χ4n) is 2.17. The van der Waals surface area contributed by atoms with E-state index in [1.807, 2.05) is 44.2 Å². The largest absolute Gasteiger partial charge is 0.473 e. The van der Waals surface area contributed by atoms with Gasteiger partial charge >= 0.3 is 0 Å². The van der Waals surface area contributed by atoms with E-state index in [1.54, 1.807) is 0 Å². The molecule has 0 aliphatic carbocycles. The lowest BCUT2D eigenvalue weighted by atomic mass is 9.96. The molecule has 0 aromatic heterocycles. The van der Waals surface area contributed by atoms with Gasteiger partial charge in [0, 0.05) is 11.3 Å². The van der Waals surface area contributed by atoms with E-state index in [0.29, 0.717) is 18.9 Å². The number of hydrogen-bond donors (Lipinski definition) is 0. The number of nitrogens with zero attached hydrogens (tertiary/aromatic N) is 2. The van der Waals surface area contributed by atoms with Crippen LogP contribution in [-0.4, -0.2) is 29.5 Å². The first kappa shape index (κ1) is 13.5. The maximum atomic E-state index is 10.8. The molecule has 1 unspecified atom stereocenters. The van der Waals surface area contributed by atoms with E-state index in [-0.39, 0.29) is 23.0 Å². The maximum Gasteiger partial charge on any atom is 0.211 e. The fourth-order valence-corrected chi connectivity index (χ4v) is 2.17. The first-order valence-electron chi connectivity index (χ1n) is 6.35. The van der Waals surface area contributed by atoms with Crippen LogP contribution in [0.4, 0.5) is 0 Å². The topological polar surface area (TPSA) is 64.7 Å². The van der Waals surface area contributed by atoms with Crippen LogP contribution in [0, 0.1) is 10.1 Å². The van der Waals surface area contributed by atoms with Gasteiger partial charge in [0.15, 0.2) is 5.90 Å². The van der Waals surface area contributed by atoms with Crippen molar-refractivity contribution in [2.45, 2.75) is 31.8 Å². The van der Waals surface area contributed by atoms with Gasteiger partial charge in [-0.2, -0.15) is 0 Å². The molecule has 1 heterocycles. The van der Waals surface area contributed by atoms with Gasteiger partial charge in [-0.05, 0) is 19.4 Å². The zero-order chi connectivity index (χ0) is 13.9. The average Bonchev–Trinajstić information content (AvgIpc) is 2.68. The Morgan fingerprint density at radius 1 is 1.42 bits per heavy atom. The lowest BCUT2D eigenvalue weighted by Gasteiger charge is -2.19. The number of ether oxygens (including phenoxy) is 1. The van der Waals surface area contributed by atoms with Crippen molar-refractivity contribution in [3.05, 3.63) is 46.0 Å². The molecule has 1 aliphatic heterocycles. The zero-order valence-electron chi connectivity index (χ0n) is 11.2. The number of aliphatic imine (C=N–C) groups is 1. The zero-order valence-corrected chi connectivity index (χ0v) is 11.2. The monoisotopic (exact) mass is 262 g/mol. The minimum atomic E-state index is -0.287. The second kappa shape index (κ2) is 5.38. The summed E-state index contributed by atoms with van der Waals surface area (Å²) in [5.41, 5.74) is 0.667. The molecule has 2 rings (SSSR count). The Morgan fingerprint density at radius 2 is 2.11 bits per heavy atom. The van der Waals surface area contributed by atoms with Gasteiger partial charge in [-0.3, -0.25) is 15.1 Å². The van der Waals surface area contributed by atoms with E-state index in [2.05, 4.69) is 4.99 Å². The Morgan fingerprint density at radius 3 is 2.63 bits per heavy atom. The normalized spacial score (nSPS) is 18.5. The summed E-state index contributed by atoms with van der Waals surface area (Å²) in [6.07, 6.45) is 0.481. The van der Waals surface area contributed by atoms with Gasteiger partial charge in [-0.15, -0.1) is 0 Å². The van der Waals surface area contributed by atoms with Crippen LogP contribution in [0.1, 0.15) is 31.7 Å². The molecule has 1 aromatic carbocycles. The molecule has 0 bridgehead atoms. The maximum absolute atomic E-state index is 10.8. The standard InChI is InChI=1S/C14H18N2O3/c1-14(2)10-15-13(19-14)8-12(9-16(17)18)11-6-4-3-5-7-11/h3-7,12H,8-10H2,1-2H3. The highest BCUT2D eigenvalue weighted by molar-refractivity contribution is 5.79. The Balaban J connectivity index is 2.09. The third kappa shape index (κ3) is 3.77. The molecule has 19 heavy (non-hydrogen) atoms. The molecule has 0 saturated heterocycles. The van der Waals surface area contributed by atoms with Gasteiger partial charge in [0.1, 0.15) is 5.60 Å². The van der Waals surface area contributed by atoms with Crippen molar-refractivity contribution in [3.63, 3.8) is 0 Å². The molecular weight excluding hydrogens is 244 g/mol. The van der Waals surface area contributed by atoms with Crippen LogP contribution in [0.2, 0.25) is 0 Å². The quantitative estimate of drug-likeness (QED) is 0.605. The first-order valence-corrected chi connectivity index (χ1v) is 6.35. The van der Waals surface area contributed by atoms with E-state index in [4.69, 9.17) is 4.74 Å². The molecule has 0 fully saturated rings. The van der Waals surface area contributed by atoms with E-state index in [0.717, 1.165) is 5.56 Å². The van der Waals surface area contributed by atoms with Crippen LogP contribution in [-0.2, 0) is 4.74 Å². The molecule has 0 saturated carbocycles. The van der Waals surface area contributed by atoms with Crippen molar-refractivity contribution in [2.24, 2.45) is 4.99 Å². The highest BCUT2D eigenvalue weighted by atomic mass is 16.6. The molecule has 1 aromatic rings. The summed E-state index contributed by atoms with van der Waals surface area (Å²) in [7, 11) is 0. The number of rotatable bonds is 5. The summed E-state index contributed by atoms with van der Waals surface area (Å²) in [6, 6.07) is 9.51. The van der Waals surface area contributed by atoms with Crippen LogP contribution in [0.5, 0.6) is 0 Å². The molecule has 1 aliphatic rings. The SMILES string of the molecule is CC1(C)CN=C(CC(C[N+](=O)[O-])c2ccccc2)O1. The predicted molar refractivity (Wildman–Crippen MR) is 73.1 cm³/mol. The molecule has 1 atom stereocenters. The van der Waals surface area contributed by atoms with E-state index >= 15 is 0 Å². The molecule has 5 nitrogen and oxygen atoms in total. The van der Waals surface area contributed by atoms with Crippen LogP contribution in [0.15, 0.2) is 35.3 Å². The summed E-state index contributed by atoms with van der Waals surface area (Å²) < 4.78 is 5.71. The highest BCUT2D eigenvalue weighted by Gasteiger charge is 2.30. The lowest BCUT2D eigenvalue weighted by molar-refractivity contribution is -0.483. The summed E-state index contributed by atoms with van der Waals surface area (Å²) in [5.74, 6) is 0.435. The van der Waals surface area contributed by atoms with Crippen molar-refractivity contribution in [2.75, 3.05) is 13.1 Å². The third-order valence-corrected chi connectivity index (χ3v) is 3.09. The minimum absolute atomic E-state index is 0.104. The number of nitro groups is 1. The number of benzene rings is 1. The van der Waals surface area contributed by atoms with Crippen molar-refractivity contribution < 1.29 is 9.66 Å². The molecule has 0 amide bonds. The molecule has 5 heteroatoms. The summed E-state index contributed by atoms with van der Waals surface area (Å²) >= 11 is 0. The predicted octanol–water partition coefficient (Wildman–Crippen LogP) is 2.64. The number of hydrogen-bond acceptors (Lipinski definition) is 4. The van der Waals surface area contributed by atoms with Gasteiger partial charge in [-0.25, -0.2) is 0 Å². The average molecular weight is 262 g/mol. The third-order valence-electron chi connectivity index (χ3n) is 3.09. The fraction of sp³-hybridized carbons (Fsp3) is 0.500. The lowest BCUT2D eigenvalue weighted by Crippen LogP contribution is -2.25. The second-order valence-corrected chi connectivity index (χ2v) is 5.40.